The number of esters is 1. The molecule has 2 aromatic carbocycles. The van der Waals surface area contributed by atoms with E-state index in [2.05, 4.69) is 10.9 Å². The topological polar surface area (TPSA) is 92.3 Å². The van der Waals surface area contributed by atoms with Gasteiger partial charge in [0.15, 0.2) is 0 Å². The number of methoxy groups -OCH3 is 2. The first-order valence-electron chi connectivity index (χ1n) is 9.79. The summed E-state index contributed by atoms with van der Waals surface area (Å²) in [4.78, 5) is 17.3. The molecule has 1 heterocycles. The second-order valence-corrected chi connectivity index (χ2v) is 7.39. The average Bonchev–Trinajstić information content (AvgIpc) is 3.11. The number of hydrazine groups is 1. The summed E-state index contributed by atoms with van der Waals surface area (Å²) in [5.74, 6) is 1.63. The lowest BCUT2D eigenvalue weighted by Crippen LogP contribution is -2.45. The summed E-state index contributed by atoms with van der Waals surface area (Å²) in [5.41, 5.74) is 8.28. The third-order valence-electron chi connectivity index (χ3n) is 5.54. The highest BCUT2D eigenvalue weighted by atomic mass is 16.7. The van der Waals surface area contributed by atoms with Gasteiger partial charge >= 0.3 is 5.97 Å². The number of hydrogen-bond acceptors (Lipinski definition) is 8. The number of carbonyl (C=O) groups excluding carboxylic acids is 1. The number of hydrogen-bond donors (Lipinski definition) is 3. The maximum absolute atomic E-state index is 11.7. The number of hydroxylamine groups is 2. The highest BCUT2D eigenvalue weighted by Crippen LogP contribution is 2.46. The first-order valence-corrected chi connectivity index (χ1v) is 9.79. The number of ether oxygens (including phenoxy) is 2. The molecule has 8 nitrogen and oxygen atoms in total. The standard InChI is InChI=1S/C22H25N3O5/c1-28-18-6-8-19(9-7-18)30-24-21-13-20(25(27)23-21)17-11-16(12-17)14-4-3-5-15(10-14)22(26)29-2/h3-10,13,16-17,21,23-24,27H,11-12H2,1-2H3. The van der Waals surface area contributed by atoms with Crippen molar-refractivity contribution in [1.29, 1.82) is 0 Å². The number of nitrogens with one attached hydrogen (secondary N) is 2. The number of nitrogens with zero attached hydrogens (tertiary/aromatic N) is 1. The molecule has 2 aliphatic rings. The molecule has 2 aromatic rings. The predicted octanol–water partition coefficient (Wildman–Crippen LogP) is 2.98. The van der Waals surface area contributed by atoms with E-state index in [-0.39, 0.29) is 18.1 Å². The van der Waals surface area contributed by atoms with Crippen molar-refractivity contribution in [2.75, 3.05) is 14.2 Å². The van der Waals surface area contributed by atoms with Gasteiger partial charge in [0.25, 0.3) is 0 Å². The van der Waals surface area contributed by atoms with E-state index < -0.39 is 0 Å². The molecule has 1 atom stereocenters. The van der Waals surface area contributed by atoms with E-state index >= 15 is 0 Å². The molecule has 0 amide bonds. The Labute approximate surface area is 174 Å². The Bertz CT molecular complexity index is 925. The summed E-state index contributed by atoms with van der Waals surface area (Å²) in [6, 6.07) is 14.7. The van der Waals surface area contributed by atoms with Crippen LogP contribution >= 0.6 is 0 Å². The van der Waals surface area contributed by atoms with Crippen molar-refractivity contribution in [3.63, 3.8) is 0 Å². The number of carbonyl (C=O) groups is 1. The predicted molar refractivity (Wildman–Crippen MR) is 109 cm³/mol. The third-order valence-corrected chi connectivity index (χ3v) is 5.54. The highest BCUT2D eigenvalue weighted by molar-refractivity contribution is 5.89. The van der Waals surface area contributed by atoms with Gasteiger partial charge in [-0.05, 0) is 66.8 Å². The van der Waals surface area contributed by atoms with Crippen LogP contribution in [0.3, 0.4) is 0 Å². The quantitative estimate of drug-likeness (QED) is 0.473. The third kappa shape index (κ3) is 4.25. The van der Waals surface area contributed by atoms with Gasteiger partial charge in [-0.15, -0.1) is 5.48 Å². The van der Waals surface area contributed by atoms with Crippen molar-refractivity contribution in [1.82, 2.24) is 16.1 Å². The van der Waals surface area contributed by atoms with Gasteiger partial charge in [-0.1, -0.05) is 12.1 Å². The molecule has 30 heavy (non-hydrogen) atoms. The second-order valence-electron chi connectivity index (χ2n) is 7.39. The summed E-state index contributed by atoms with van der Waals surface area (Å²) >= 11 is 0. The van der Waals surface area contributed by atoms with Crippen LogP contribution in [0.15, 0.2) is 60.3 Å². The molecule has 4 rings (SSSR count). The normalized spacial score (nSPS) is 22.8. The molecule has 0 aromatic heterocycles. The molecule has 1 unspecified atom stereocenters. The minimum absolute atomic E-state index is 0.224. The van der Waals surface area contributed by atoms with Crippen molar-refractivity contribution in [2.24, 2.45) is 5.92 Å². The molecule has 158 valence electrons. The molecule has 0 spiro atoms. The fraction of sp³-hybridized carbons (Fsp3) is 0.318. The number of allylic oxidation sites excluding steroid dienone is 1. The van der Waals surface area contributed by atoms with Crippen molar-refractivity contribution in [2.45, 2.75) is 24.9 Å². The molecule has 8 heteroatoms. The Kier molecular flexibility index (Phi) is 5.89. The van der Waals surface area contributed by atoms with Gasteiger partial charge in [0, 0.05) is 5.92 Å². The minimum atomic E-state index is -0.353. The van der Waals surface area contributed by atoms with Crippen LogP contribution in [0.5, 0.6) is 11.5 Å². The van der Waals surface area contributed by atoms with Crippen LogP contribution in [-0.2, 0) is 4.74 Å². The Morgan fingerprint density at radius 3 is 2.53 bits per heavy atom. The Hall–Kier alpha value is -3.07. The largest absolute Gasteiger partial charge is 0.497 e. The fourth-order valence-electron chi connectivity index (χ4n) is 3.80. The van der Waals surface area contributed by atoms with Gasteiger partial charge in [-0.3, -0.25) is 5.21 Å². The zero-order valence-electron chi connectivity index (χ0n) is 16.9. The van der Waals surface area contributed by atoms with Gasteiger partial charge in [-0.25, -0.2) is 4.79 Å². The van der Waals surface area contributed by atoms with Crippen LogP contribution in [0.4, 0.5) is 0 Å². The van der Waals surface area contributed by atoms with Gasteiger partial charge in [0.1, 0.15) is 17.7 Å². The molecule has 0 radical (unpaired) electrons. The van der Waals surface area contributed by atoms with Crippen LogP contribution in [0.1, 0.15) is 34.7 Å². The van der Waals surface area contributed by atoms with Crippen molar-refractivity contribution >= 4 is 5.97 Å². The van der Waals surface area contributed by atoms with E-state index in [1.54, 1.807) is 25.3 Å². The molecule has 1 fully saturated rings. The smallest absolute Gasteiger partial charge is 0.337 e. The Morgan fingerprint density at radius 2 is 1.83 bits per heavy atom. The van der Waals surface area contributed by atoms with E-state index in [0.717, 1.165) is 35.0 Å². The summed E-state index contributed by atoms with van der Waals surface area (Å²) in [6.07, 6.45) is 3.34. The Balaban J connectivity index is 1.32. The molecule has 0 bridgehead atoms. The maximum Gasteiger partial charge on any atom is 0.337 e. The van der Waals surface area contributed by atoms with E-state index in [1.807, 2.05) is 36.4 Å². The summed E-state index contributed by atoms with van der Waals surface area (Å²) < 4.78 is 9.92. The van der Waals surface area contributed by atoms with E-state index in [4.69, 9.17) is 14.3 Å². The van der Waals surface area contributed by atoms with Crippen LogP contribution < -0.4 is 20.5 Å². The average molecular weight is 411 g/mol. The van der Waals surface area contributed by atoms with Crippen LogP contribution in [0.25, 0.3) is 0 Å². The SMILES string of the molecule is COC(=O)c1cccc(C2CC(C3=CC(NOc4ccc(OC)cc4)NN3O)C2)c1. The van der Waals surface area contributed by atoms with E-state index in [1.165, 1.54) is 7.11 Å². The van der Waals surface area contributed by atoms with Crippen molar-refractivity contribution < 1.29 is 24.3 Å². The van der Waals surface area contributed by atoms with Gasteiger partial charge in [0.2, 0.25) is 0 Å². The molecule has 1 saturated carbocycles. The number of benzene rings is 2. The lowest BCUT2D eigenvalue weighted by atomic mass is 9.70. The second kappa shape index (κ2) is 8.74. The summed E-state index contributed by atoms with van der Waals surface area (Å²) in [5, 5.41) is 11.3. The number of rotatable bonds is 7. The van der Waals surface area contributed by atoms with Crippen molar-refractivity contribution in [3.8, 4) is 11.5 Å². The van der Waals surface area contributed by atoms with Gasteiger partial charge < -0.3 is 14.3 Å². The zero-order chi connectivity index (χ0) is 21.1. The van der Waals surface area contributed by atoms with Gasteiger partial charge in [0.05, 0.1) is 25.5 Å². The molecule has 3 N–H and O–H groups in total. The van der Waals surface area contributed by atoms with E-state index in [0.29, 0.717) is 17.2 Å². The highest BCUT2D eigenvalue weighted by Gasteiger charge is 2.38. The van der Waals surface area contributed by atoms with E-state index in [9.17, 15) is 10.0 Å². The summed E-state index contributed by atoms with van der Waals surface area (Å²) in [6.45, 7) is 0. The first-order chi connectivity index (χ1) is 14.6. The molecule has 0 saturated heterocycles. The molecular formula is C22H25N3O5. The summed E-state index contributed by atoms with van der Waals surface area (Å²) in [7, 11) is 2.99. The molecular weight excluding hydrogens is 386 g/mol. The van der Waals surface area contributed by atoms with Crippen molar-refractivity contribution in [3.05, 3.63) is 71.4 Å². The van der Waals surface area contributed by atoms with Gasteiger partial charge in [-0.2, -0.15) is 10.6 Å². The Morgan fingerprint density at radius 1 is 1.10 bits per heavy atom. The lowest BCUT2D eigenvalue weighted by Gasteiger charge is -2.37. The lowest BCUT2D eigenvalue weighted by molar-refractivity contribution is -0.116. The fourth-order valence-corrected chi connectivity index (χ4v) is 3.80. The molecule has 1 aliphatic carbocycles. The van der Waals surface area contributed by atoms with Crippen LogP contribution in [0.2, 0.25) is 0 Å². The minimum Gasteiger partial charge on any atom is -0.497 e. The van der Waals surface area contributed by atoms with Crippen LogP contribution in [-0.4, -0.2) is 36.7 Å². The maximum atomic E-state index is 11.7. The monoisotopic (exact) mass is 411 g/mol. The molecule has 1 aliphatic heterocycles. The van der Waals surface area contributed by atoms with Crippen LogP contribution in [0, 0.1) is 5.92 Å². The first kappa shape index (κ1) is 20.2. The zero-order valence-corrected chi connectivity index (χ0v) is 16.9.